The number of benzene rings is 1. The number of rotatable bonds is 2. The van der Waals surface area contributed by atoms with E-state index in [1.54, 1.807) is 12.3 Å². The standard InChI is InChI=1S/C18H20ClN3O/c1-18(2)12-22(10-9-21-18)17(23)14-11-13(6-7-15(14)19)16-5-3-4-8-20-16/h3-8,11,21H,9-10,12H2,1-2H3. The number of nitrogens with one attached hydrogen (secondary N) is 1. The maximum Gasteiger partial charge on any atom is 0.255 e. The first-order chi connectivity index (χ1) is 11.0. The zero-order chi connectivity index (χ0) is 16.4. The lowest BCUT2D eigenvalue weighted by Crippen LogP contribution is -2.58. The van der Waals surface area contributed by atoms with E-state index in [4.69, 9.17) is 11.6 Å². The van der Waals surface area contributed by atoms with Crippen molar-refractivity contribution in [1.82, 2.24) is 15.2 Å². The van der Waals surface area contributed by atoms with Crippen LogP contribution in [-0.2, 0) is 0 Å². The van der Waals surface area contributed by atoms with Crippen LogP contribution in [0.1, 0.15) is 24.2 Å². The summed E-state index contributed by atoms with van der Waals surface area (Å²) in [4.78, 5) is 19.1. The SMILES string of the molecule is CC1(C)CN(C(=O)c2cc(-c3ccccn3)ccc2Cl)CCN1. The highest BCUT2D eigenvalue weighted by Crippen LogP contribution is 2.26. The Balaban J connectivity index is 1.91. The number of amides is 1. The molecule has 1 aliphatic heterocycles. The highest BCUT2D eigenvalue weighted by molar-refractivity contribution is 6.34. The van der Waals surface area contributed by atoms with Crippen LogP contribution in [0.25, 0.3) is 11.3 Å². The summed E-state index contributed by atoms with van der Waals surface area (Å²) in [6.07, 6.45) is 1.74. The fourth-order valence-corrected chi connectivity index (χ4v) is 3.07. The summed E-state index contributed by atoms with van der Waals surface area (Å²) in [5.74, 6) is -0.0256. The van der Waals surface area contributed by atoms with Crippen molar-refractivity contribution in [3.05, 3.63) is 53.2 Å². The van der Waals surface area contributed by atoms with Crippen LogP contribution in [0.15, 0.2) is 42.6 Å². The van der Waals surface area contributed by atoms with Crippen LogP contribution in [0, 0.1) is 0 Å². The summed E-state index contributed by atoms with van der Waals surface area (Å²) in [5.41, 5.74) is 2.18. The number of aromatic nitrogens is 1. The van der Waals surface area contributed by atoms with E-state index in [1.165, 1.54) is 0 Å². The van der Waals surface area contributed by atoms with Crippen molar-refractivity contribution in [2.24, 2.45) is 0 Å². The normalized spacial score (nSPS) is 17.1. The summed E-state index contributed by atoms with van der Waals surface area (Å²) in [6, 6.07) is 11.2. The maximum absolute atomic E-state index is 12.9. The molecule has 1 N–H and O–H groups in total. The first-order valence-electron chi connectivity index (χ1n) is 7.71. The molecule has 2 aromatic rings. The molecule has 1 aliphatic rings. The monoisotopic (exact) mass is 329 g/mol. The van der Waals surface area contributed by atoms with Gasteiger partial charge in [-0.3, -0.25) is 9.78 Å². The largest absolute Gasteiger partial charge is 0.335 e. The van der Waals surface area contributed by atoms with Gasteiger partial charge < -0.3 is 10.2 Å². The van der Waals surface area contributed by atoms with Gasteiger partial charge in [-0.25, -0.2) is 0 Å². The second-order valence-corrected chi connectivity index (χ2v) is 6.85. The van der Waals surface area contributed by atoms with Gasteiger partial charge in [0, 0.05) is 36.9 Å². The molecule has 0 radical (unpaired) electrons. The summed E-state index contributed by atoms with van der Waals surface area (Å²) in [5, 5.41) is 3.89. The van der Waals surface area contributed by atoms with Crippen LogP contribution in [0.3, 0.4) is 0 Å². The van der Waals surface area contributed by atoms with E-state index in [1.807, 2.05) is 35.2 Å². The van der Waals surface area contributed by atoms with E-state index in [-0.39, 0.29) is 11.4 Å². The van der Waals surface area contributed by atoms with Gasteiger partial charge >= 0.3 is 0 Å². The molecule has 1 amide bonds. The fraction of sp³-hybridized carbons (Fsp3) is 0.333. The van der Waals surface area contributed by atoms with E-state index in [2.05, 4.69) is 24.1 Å². The van der Waals surface area contributed by atoms with Crippen molar-refractivity contribution < 1.29 is 4.79 Å². The van der Waals surface area contributed by atoms with Gasteiger partial charge in [0.2, 0.25) is 0 Å². The summed E-state index contributed by atoms with van der Waals surface area (Å²) in [6.45, 7) is 6.33. The Labute approximate surface area is 141 Å². The first-order valence-corrected chi connectivity index (χ1v) is 8.09. The highest BCUT2D eigenvalue weighted by atomic mass is 35.5. The minimum absolute atomic E-state index is 0.0256. The van der Waals surface area contributed by atoms with Crippen LogP contribution in [0.2, 0.25) is 5.02 Å². The van der Waals surface area contributed by atoms with E-state index in [0.717, 1.165) is 17.8 Å². The third-order valence-corrected chi connectivity index (χ3v) is 4.35. The molecule has 0 aliphatic carbocycles. The third-order valence-electron chi connectivity index (χ3n) is 4.02. The van der Waals surface area contributed by atoms with Crippen LogP contribution in [0.4, 0.5) is 0 Å². The van der Waals surface area contributed by atoms with Crippen LogP contribution < -0.4 is 5.32 Å². The Morgan fingerprint density at radius 3 is 2.83 bits per heavy atom. The molecule has 23 heavy (non-hydrogen) atoms. The molecule has 0 bridgehead atoms. The molecule has 0 saturated carbocycles. The number of hydrogen-bond acceptors (Lipinski definition) is 3. The van der Waals surface area contributed by atoms with Gasteiger partial charge in [-0.2, -0.15) is 0 Å². The Morgan fingerprint density at radius 1 is 1.30 bits per heavy atom. The van der Waals surface area contributed by atoms with Crippen LogP contribution >= 0.6 is 11.6 Å². The number of carbonyl (C=O) groups excluding carboxylic acids is 1. The second-order valence-electron chi connectivity index (χ2n) is 6.45. The van der Waals surface area contributed by atoms with E-state index in [0.29, 0.717) is 23.7 Å². The highest BCUT2D eigenvalue weighted by Gasteiger charge is 2.30. The molecule has 5 heteroatoms. The minimum Gasteiger partial charge on any atom is -0.335 e. The fourth-order valence-electron chi connectivity index (χ4n) is 2.87. The van der Waals surface area contributed by atoms with Gasteiger partial charge in [-0.1, -0.05) is 23.7 Å². The Hall–Kier alpha value is -1.91. The number of pyridine rings is 1. The molecule has 1 aromatic carbocycles. The van der Waals surface area contributed by atoms with Gasteiger partial charge in [0.1, 0.15) is 0 Å². The zero-order valence-electron chi connectivity index (χ0n) is 13.3. The van der Waals surface area contributed by atoms with Gasteiger partial charge in [-0.05, 0) is 38.1 Å². The van der Waals surface area contributed by atoms with Crippen molar-refractivity contribution in [3.8, 4) is 11.3 Å². The van der Waals surface area contributed by atoms with Gasteiger partial charge in [0.25, 0.3) is 5.91 Å². The molecule has 0 unspecified atom stereocenters. The van der Waals surface area contributed by atoms with Crippen LogP contribution in [-0.4, -0.2) is 41.0 Å². The Morgan fingerprint density at radius 2 is 2.13 bits per heavy atom. The zero-order valence-corrected chi connectivity index (χ0v) is 14.1. The molecular formula is C18H20ClN3O. The number of nitrogens with zero attached hydrogens (tertiary/aromatic N) is 2. The smallest absolute Gasteiger partial charge is 0.255 e. The topological polar surface area (TPSA) is 45.2 Å². The molecular weight excluding hydrogens is 310 g/mol. The Kier molecular flexibility index (Phi) is 4.37. The predicted molar refractivity (Wildman–Crippen MR) is 92.7 cm³/mol. The lowest BCUT2D eigenvalue weighted by Gasteiger charge is -2.39. The van der Waals surface area contributed by atoms with E-state index >= 15 is 0 Å². The van der Waals surface area contributed by atoms with Gasteiger partial charge in [-0.15, -0.1) is 0 Å². The van der Waals surface area contributed by atoms with E-state index in [9.17, 15) is 4.79 Å². The number of piperazine rings is 1. The average molecular weight is 330 g/mol. The lowest BCUT2D eigenvalue weighted by molar-refractivity contribution is 0.0652. The van der Waals surface area contributed by atoms with E-state index < -0.39 is 0 Å². The quantitative estimate of drug-likeness (QED) is 0.920. The van der Waals surface area contributed by atoms with Crippen molar-refractivity contribution in [2.45, 2.75) is 19.4 Å². The van der Waals surface area contributed by atoms with Crippen molar-refractivity contribution in [3.63, 3.8) is 0 Å². The lowest BCUT2D eigenvalue weighted by atomic mass is 10.0. The van der Waals surface area contributed by atoms with Crippen molar-refractivity contribution >= 4 is 17.5 Å². The first kappa shape index (κ1) is 16.0. The van der Waals surface area contributed by atoms with Crippen LogP contribution in [0.5, 0.6) is 0 Å². The molecule has 3 rings (SSSR count). The summed E-state index contributed by atoms with van der Waals surface area (Å²) in [7, 11) is 0. The molecule has 2 heterocycles. The molecule has 1 aromatic heterocycles. The predicted octanol–water partition coefficient (Wildman–Crippen LogP) is 3.23. The molecule has 0 atom stereocenters. The second kappa shape index (κ2) is 6.30. The number of halogens is 1. The third kappa shape index (κ3) is 3.54. The van der Waals surface area contributed by atoms with Crippen molar-refractivity contribution in [1.29, 1.82) is 0 Å². The maximum atomic E-state index is 12.9. The molecule has 4 nitrogen and oxygen atoms in total. The van der Waals surface area contributed by atoms with Gasteiger partial charge in [0.15, 0.2) is 0 Å². The van der Waals surface area contributed by atoms with Crippen molar-refractivity contribution in [2.75, 3.05) is 19.6 Å². The summed E-state index contributed by atoms with van der Waals surface area (Å²) < 4.78 is 0. The average Bonchev–Trinajstić information content (AvgIpc) is 2.54. The molecule has 0 spiro atoms. The Bertz CT molecular complexity index is 715. The van der Waals surface area contributed by atoms with Gasteiger partial charge in [0.05, 0.1) is 16.3 Å². The summed E-state index contributed by atoms with van der Waals surface area (Å²) >= 11 is 6.29. The number of carbonyl (C=O) groups is 1. The number of hydrogen-bond donors (Lipinski definition) is 1. The molecule has 1 saturated heterocycles. The minimum atomic E-state index is -0.0843. The molecule has 1 fully saturated rings. The molecule has 120 valence electrons.